The van der Waals surface area contributed by atoms with Gasteiger partial charge in [-0.15, -0.1) is 0 Å². The Kier molecular flexibility index (Phi) is 3.68. The van der Waals surface area contributed by atoms with Crippen molar-refractivity contribution in [3.8, 4) is 0 Å². The van der Waals surface area contributed by atoms with Crippen LogP contribution < -0.4 is 5.32 Å². The van der Waals surface area contributed by atoms with Gasteiger partial charge in [0.1, 0.15) is 0 Å². The average molecular weight is 261 g/mol. The van der Waals surface area contributed by atoms with E-state index in [-0.39, 0.29) is 5.91 Å². The molecule has 0 saturated carbocycles. The lowest BCUT2D eigenvalue weighted by atomic mass is 9.83. The maximum Gasteiger partial charge on any atom is 0.234 e. The van der Waals surface area contributed by atoms with Gasteiger partial charge in [0.25, 0.3) is 0 Å². The summed E-state index contributed by atoms with van der Waals surface area (Å²) in [5.41, 5.74) is 3.38. The molecule has 0 fully saturated rings. The summed E-state index contributed by atoms with van der Waals surface area (Å²) in [7, 11) is 0. The SMILES string of the molecule is CCCC(O)c1cc(CC)cc2c1NC(=O)C2(C)C. The van der Waals surface area contributed by atoms with E-state index in [0.717, 1.165) is 36.1 Å². The van der Waals surface area contributed by atoms with Gasteiger partial charge in [-0.3, -0.25) is 4.79 Å². The summed E-state index contributed by atoms with van der Waals surface area (Å²) in [6.07, 6.45) is 2.04. The molecule has 0 aliphatic carbocycles. The minimum atomic E-state index is -0.513. The van der Waals surface area contributed by atoms with Crippen LogP contribution in [0.4, 0.5) is 5.69 Å². The molecule has 3 heteroatoms. The summed E-state index contributed by atoms with van der Waals surface area (Å²) in [5, 5.41) is 13.3. The smallest absolute Gasteiger partial charge is 0.234 e. The molecule has 0 aromatic heterocycles. The van der Waals surface area contributed by atoms with E-state index in [1.165, 1.54) is 5.56 Å². The molecule has 0 spiro atoms. The largest absolute Gasteiger partial charge is 0.388 e. The number of benzene rings is 1. The molecule has 1 amide bonds. The van der Waals surface area contributed by atoms with Gasteiger partial charge >= 0.3 is 0 Å². The zero-order valence-electron chi connectivity index (χ0n) is 12.2. The Labute approximate surface area is 115 Å². The van der Waals surface area contributed by atoms with E-state index < -0.39 is 11.5 Å². The lowest BCUT2D eigenvalue weighted by Crippen LogP contribution is -2.26. The molecular formula is C16H23NO2. The summed E-state index contributed by atoms with van der Waals surface area (Å²) >= 11 is 0. The van der Waals surface area contributed by atoms with E-state index in [4.69, 9.17) is 0 Å². The molecule has 1 aliphatic heterocycles. The van der Waals surface area contributed by atoms with Crippen molar-refractivity contribution in [2.75, 3.05) is 5.32 Å². The van der Waals surface area contributed by atoms with Crippen LogP contribution in [0.1, 0.15) is 63.3 Å². The van der Waals surface area contributed by atoms with E-state index in [0.29, 0.717) is 0 Å². The Morgan fingerprint density at radius 2 is 2.00 bits per heavy atom. The fourth-order valence-electron chi connectivity index (χ4n) is 2.65. The molecule has 104 valence electrons. The quantitative estimate of drug-likeness (QED) is 0.873. The summed E-state index contributed by atoms with van der Waals surface area (Å²) in [4.78, 5) is 12.1. The van der Waals surface area contributed by atoms with Crippen molar-refractivity contribution >= 4 is 11.6 Å². The number of fused-ring (bicyclic) bond motifs is 1. The Balaban J connectivity index is 2.57. The molecule has 1 aromatic carbocycles. The molecule has 19 heavy (non-hydrogen) atoms. The molecule has 1 aromatic rings. The van der Waals surface area contributed by atoms with Crippen LogP contribution in [0.15, 0.2) is 12.1 Å². The number of aryl methyl sites for hydroxylation is 1. The summed E-state index contributed by atoms with van der Waals surface area (Å²) in [6.45, 7) is 8.01. The minimum absolute atomic E-state index is 0.0145. The molecule has 2 rings (SSSR count). The van der Waals surface area contributed by atoms with Gasteiger partial charge < -0.3 is 10.4 Å². The minimum Gasteiger partial charge on any atom is -0.388 e. The van der Waals surface area contributed by atoms with Gasteiger partial charge in [0, 0.05) is 5.56 Å². The fourth-order valence-corrected chi connectivity index (χ4v) is 2.65. The molecule has 1 unspecified atom stereocenters. The van der Waals surface area contributed by atoms with Crippen molar-refractivity contribution in [2.45, 2.75) is 58.5 Å². The van der Waals surface area contributed by atoms with Crippen LogP contribution in [-0.4, -0.2) is 11.0 Å². The zero-order chi connectivity index (χ0) is 14.2. The molecule has 1 aliphatic rings. The monoisotopic (exact) mass is 261 g/mol. The van der Waals surface area contributed by atoms with E-state index in [9.17, 15) is 9.90 Å². The number of anilines is 1. The number of carbonyl (C=O) groups excluding carboxylic acids is 1. The van der Waals surface area contributed by atoms with E-state index >= 15 is 0 Å². The highest BCUT2D eigenvalue weighted by Gasteiger charge is 2.40. The summed E-state index contributed by atoms with van der Waals surface area (Å²) in [6, 6.07) is 4.12. The van der Waals surface area contributed by atoms with Crippen molar-refractivity contribution < 1.29 is 9.90 Å². The maximum atomic E-state index is 12.1. The van der Waals surface area contributed by atoms with Gasteiger partial charge in [-0.25, -0.2) is 0 Å². The van der Waals surface area contributed by atoms with Crippen molar-refractivity contribution in [1.82, 2.24) is 0 Å². The number of hydrogen-bond acceptors (Lipinski definition) is 2. The van der Waals surface area contributed by atoms with Crippen LogP contribution in [0.2, 0.25) is 0 Å². The fraction of sp³-hybridized carbons (Fsp3) is 0.562. The Morgan fingerprint density at radius 3 is 2.58 bits per heavy atom. The standard InChI is InChI=1S/C16H23NO2/c1-5-7-13(18)11-8-10(6-2)9-12-14(11)17-15(19)16(12,3)4/h8-9,13,18H,5-7H2,1-4H3,(H,17,19). The Morgan fingerprint density at radius 1 is 1.32 bits per heavy atom. The first-order valence-corrected chi connectivity index (χ1v) is 7.08. The second-order valence-corrected chi connectivity index (χ2v) is 5.84. The first-order valence-electron chi connectivity index (χ1n) is 7.08. The summed E-state index contributed by atoms with van der Waals surface area (Å²) < 4.78 is 0. The van der Waals surface area contributed by atoms with Gasteiger partial charge in [-0.05, 0) is 37.8 Å². The highest BCUT2D eigenvalue weighted by atomic mass is 16.3. The van der Waals surface area contributed by atoms with Gasteiger partial charge in [-0.1, -0.05) is 32.4 Å². The molecule has 1 atom stereocenters. The molecule has 3 nitrogen and oxygen atoms in total. The van der Waals surface area contributed by atoms with Crippen LogP contribution in [0.3, 0.4) is 0 Å². The highest BCUT2D eigenvalue weighted by molar-refractivity contribution is 6.06. The van der Waals surface area contributed by atoms with Crippen molar-refractivity contribution in [3.05, 3.63) is 28.8 Å². The molecule has 0 bridgehead atoms. The third-order valence-corrected chi connectivity index (χ3v) is 4.04. The number of amides is 1. The number of rotatable bonds is 4. The van der Waals surface area contributed by atoms with Crippen LogP contribution in [-0.2, 0) is 16.6 Å². The zero-order valence-corrected chi connectivity index (χ0v) is 12.2. The van der Waals surface area contributed by atoms with Crippen molar-refractivity contribution in [2.24, 2.45) is 0 Å². The predicted octanol–water partition coefficient (Wildman–Crippen LogP) is 3.31. The van der Waals surface area contributed by atoms with Crippen LogP contribution in [0, 0.1) is 0 Å². The van der Waals surface area contributed by atoms with Crippen LogP contribution in [0.5, 0.6) is 0 Å². The number of nitrogens with one attached hydrogen (secondary N) is 1. The molecule has 0 saturated heterocycles. The lowest BCUT2D eigenvalue weighted by Gasteiger charge is -2.19. The Hall–Kier alpha value is -1.35. The van der Waals surface area contributed by atoms with Gasteiger partial charge in [0.05, 0.1) is 17.2 Å². The van der Waals surface area contributed by atoms with Crippen molar-refractivity contribution in [1.29, 1.82) is 0 Å². The average Bonchev–Trinajstić information content (AvgIpc) is 2.60. The van der Waals surface area contributed by atoms with E-state index in [2.05, 4.69) is 25.2 Å². The topological polar surface area (TPSA) is 49.3 Å². The molecule has 2 N–H and O–H groups in total. The number of carbonyl (C=O) groups is 1. The van der Waals surface area contributed by atoms with Gasteiger partial charge in [0.15, 0.2) is 0 Å². The maximum absolute atomic E-state index is 12.1. The van der Waals surface area contributed by atoms with E-state index in [1.807, 2.05) is 19.9 Å². The summed E-state index contributed by atoms with van der Waals surface area (Å²) in [5.74, 6) is 0.0145. The number of aliphatic hydroxyl groups is 1. The van der Waals surface area contributed by atoms with Crippen LogP contribution >= 0.6 is 0 Å². The highest BCUT2D eigenvalue weighted by Crippen LogP contribution is 2.42. The lowest BCUT2D eigenvalue weighted by molar-refractivity contribution is -0.119. The molecular weight excluding hydrogens is 238 g/mol. The normalized spacial score (nSPS) is 18.1. The first kappa shape index (κ1) is 14.1. The van der Waals surface area contributed by atoms with Gasteiger partial charge in [-0.2, -0.15) is 0 Å². The molecule has 0 radical (unpaired) electrons. The first-order chi connectivity index (χ1) is 8.91. The third-order valence-electron chi connectivity index (χ3n) is 4.04. The van der Waals surface area contributed by atoms with Crippen molar-refractivity contribution in [3.63, 3.8) is 0 Å². The second-order valence-electron chi connectivity index (χ2n) is 5.84. The number of hydrogen-bond donors (Lipinski definition) is 2. The second kappa shape index (κ2) is 4.97. The Bertz CT molecular complexity index is 506. The number of aliphatic hydroxyl groups excluding tert-OH is 1. The van der Waals surface area contributed by atoms with Gasteiger partial charge in [0.2, 0.25) is 5.91 Å². The predicted molar refractivity (Wildman–Crippen MR) is 77.3 cm³/mol. The third kappa shape index (κ3) is 2.27. The van der Waals surface area contributed by atoms with E-state index in [1.54, 1.807) is 0 Å². The van der Waals surface area contributed by atoms with Crippen LogP contribution in [0.25, 0.3) is 0 Å². The molecule has 1 heterocycles.